The van der Waals surface area contributed by atoms with Crippen molar-refractivity contribution < 1.29 is 4.79 Å². The number of hydrogen-bond donors (Lipinski definition) is 1. The first-order chi connectivity index (χ1) is 8.95. The number of amides is 1. The van der Waals surface area contributed by atoms with Gasteiger partial charge in [-0.05, 0) is 0 Å². The molecule has 0 spiro atoms. The van der Waals surface area contributed by atoms with Gasteiger partial charge in [0.15, 0.2) is 5.16 Å². The van der Waals surface area contributed by atoms with Gasteiger partial charge >= 0.3 is 11.1 Å². The highest BCUT2D eigenvalue weighted by molar-refractivity contribution is 7.99. The second kappa shape index (κ2) is 6.75. The van der Waals surface area contributed by atoms with Gasteiger partial charge in [-0.3, -0.25) is 24.2 Å². The van der Waals surface area contributed by atoms with Crippen LogP contribution >= 0.6 is 11.8 Å². The van der Waals surface area contributed by atoms with Crippen molar-refractivity contribution in [3.8, 4) is 6.07 Å². The van der Waals surface area contributed by atoms with E-state index in [0.29, 0.717) is 6.54 Å². The quantitative estimate of drug-likeness (QED) is 0.544. The molecule has 0 aromatic carbocycles. The molecule has 0 fully saturated rings. The van der Waals surface area contributed by atoms with Crippen molar-refractivity contribution in [3.63, 3.8) is 0 Å². The van der Waals surface area contributed by atoms with Crippen molar-refractivity contribution >= 4 is 17.7 Å². The van der Waals surface area contributed by atoms with Crippen LogP contribution < -0.4 is 11.1 Å². The van der Waals surface area contributed by atoms with Crippen molar-refractivity contribution in [2.75, 3.05) is 19.3 Å². The normalized spacial score (nSPS) is 9.95. The minimum atomic E-state index is -0.883. The summed E-state index contributed by atoms with van der Waals surface area (Å²) in [5, 5.41) is 11.0. The molecule has 0 aliphatic carbocycles. The Morgan fingerprint density at radius 2 is 2.26 bits per heavy atom. The Labute approximate surface area is 113 Å². The summed E-state index contributed by atoms with van der Waals surface area (Å²) in [4.78, 5) is 38.8. The molecule has 0 aliphatic rings. The Balaban J connectivity index is 2.65. The molecule has 1 aromatic heterocycles. The van der Waals surface area contributed by atoms with E-state index in [2.05, 4.69) is 10.1 Å². The highest BCUT2D eigenvalue weighted by Gasteiger charge is 2.11. The predicted molar refractivity (Wildman–Crippen MR) is 68.7 cm³/mol. The van der Waals surface area contributed by atoms with Gasteiger partial charge in [0.2, 0.25) is 5.91 Å². The maximum atomic E-state index is 11.7. The van der Waals surface area contributed by atoms with Crippen LogP contribution in [0.3, 0.4) is 0 Å². The predicted octanol–water partition coefficient (Wildman–Crippen LogP) is -1.07. The molecule has 0 bridgehead atoms. The average Bonchev–Trinajstić information content (AvgIpc) is 2.38. The summed E-state index contributed by atoms with van der Waals surface area (Å²) in [5.41, 5.74) is -1.69. The topological polar surface area (TPSA) is 112 Å². The smallest absolute Gasteiger partial charge is 0.339 e. The number of nitrogens with one attached hydrogen (secondary N) is 1. The van der Waals surface area contributed by atoms with Crippen molar-refractivity contribution in [3.05, 3.63) is 20.7 Å². The molecule has 0 saturated carbocycles. The van der Waals surface area contributed by atoms with E-state index < -0.39 is 11.1 Å². The lowest BCUT2D eigenvalue weighted by Gasteiger charge is -2.15. The van der Waals surface area contributed by atoms with Gasteiger partial charge in [0.1, 0.15) is 0 Å². The summed E-state index contributed by atoms with van der Waals surface area (Å²) in [6.45, 7) is 0.355. The number of H-pyrrole nitrogens is 1. The van der Waals surface area contributed by atoms with E-state index >= 15 is 0 Å². The fourth-order valence-electron chi connectivity index (χ4n) is 1.17. The number of carbonyl (C=O) groups excluding carboxylic acids is 1. The number of aryl methyl sites for hydroxylation is 1. The van der Waals surface area contributed by atoms with Gasteiger partial charge in [-0.15, -0.1) is 0 Å². The van der Waals surface area contributed by atoms with Gasteiger partial charge in [-0.1, -0.05) is 11.8 Å². The average molecular weight is 283 g/mol. The van der Waals surface area contributed by atoms with Crippen molar-refractivity contribution in [1.29, 1.82) is 5.26 Å². The molecule has 0 saturated heterocycles. The number of rotatable bonds is 5. The Kier molecular flexibility index (Phi) is 5.32. The molecule has 0 radical (unpaired) electrons. The first kappa shape index (κ1) is 15.0. The summed E-state index contributed by atoms with van der Waals surface area (Å²) in [5.74, 6) is -0.102. The molecular formula is C10H13N5O3S. The number of nitrogens with zero attached hydrogens (tertiary/aromatic N) is 4. The minimum absolute atomic E-state index is 0.0776. The van der Waals surface area contributed by atoms with Crippen LogP contribution in [0.2, 0.25) is 0 Å². The molecule has 1 rings (SSSR count). The maximum Gasteiger partial charge on any atom is 0.339 e. The Hall–Kier alpha value is -2.08. The van der Waals surface area contributed by atoms with Crippen LogP contribution in [0.25, 0.3) is 0 Å². The van der Waals surface area contributed by atoms with Gasteiger partial charge in [0.05, 0.1) is 18.2 Å². The molecule has 19 heavy (non-hydrogen) atoms. The van der Waals surface area contributed by atoms with Crippen molar-refractivity contribution in [2.45, 2.75) is 11.6 Å². The lowest BCUT2D eigenvalue weighted by atomic mass is 10.4. The lowest BCUT2D eigenvalue weighted by molar-refractivity contribution is -0.127. The Morgan fingerprint density at radius 1 is 1.58 bits per heavy atom. The largest absolute Gasteiger partial charge is 0.344 e. The zero-order chi connectivity index (χ0) is 14.4. The molecule has 1 N–H and O–H groups in total. The Morgan fingerprint density at radius 3 is 2.89 bits per heavy atom. The molecule has 1 amide bonds. The highest BCUT2D eigenvalue weighted by Crippen LogP contribution is 2.11. The molecule has 0 atom stereocenters. The number of carbonyl (C=O) groups is 1. The van der Waals surface area contributed by atoms with Crippen molar-refractivity contribution in [2.24, 2.45) is 7.05 Å². The minimum Gasteiger partial charge on any atom is -0.344 e. The molecule has 8 nitrogen and oxygen atoms in total. The third-order valence-electron chi connectivity index (χ3n) is 2.26. The first-order valence-corrected chi connectivity index (χ1v) is 6.35. The van der Waals surface area contributed by atoms with E-state index in [-0.39, 0.29) is 23.2 Å². The number of thioether (sulfide) groups is 1. The molecule has 102 valence electrons. The summed E-state index contributed by atoms with van der Waals surface area (Å²) in [6.07, 6.45) is 0.266. The fourth-order valence-corrected chi connectivity index (χ4v) is 2.03. The van der Waals surface area contributed by atoms with Gasteiger partial charge < -0.3 is 4.90 Å². The third kappa shape index (κ3) is 4.26. The molecule has 1 heterocycles. The monoisotopic (exact) mass is 283 g/mol. The number of aromatic nitrogens is 3. The zero-order valence-corrected chi connectivity index (χ0v) is 11.4. The summed E-state index contributed by atoms with van der Waals surface area (Å²) in [6, 6.07) is 1.95. The van der Waals surface area contributed by atoms with Crippen LogP contribution in [0.15, 0.2) is 14.7 Å². The standard InChI is InChI=1S/C10H13N5O3S/c1-14(5-3-4-11)7(16)6-19-10-12-8(17)9(18)13-15(10)2/h3,5-6H2,1-2H3,(H,13,18). The van der Waals surface area contributed by atoms with Crippen LogP contribution in [0.5, 0.6) is 0 Å². The van der Waals surface area contributed by atoms with E-state index in [9.17, 15) is 14.4 Å². The van der Waals surface area contributed by atoms with E-state index in [4.69, 9.17) is 5.26 Å². The molecular weight excluding hydrogens is 270 g/mol. The lowest BCUT2D eigenvalue weighted by Crippen LogP contribution is -2.34. The summed E-state index contributed by atoms with van der Waals surface area (Å²) < 4.78 is 1.29. The molecule has 0 aliphatic heterocycles. The third-order valence-corrected chi connectivity index (χ3v) is 3.27. The second-order valence-electron chi connectivity index (χ2n) is 3.71. The fraction of sp³-hybridized carbons (Fsp3) is 0.500. The summed E-state index contributed by atoms with van der Waals surface area (Å²) in [7, 11) is 3.12. The maximum absolute atomic E-state index is 11.7. The van der Waals surface area contributed by atoms with Crippen LogP contribution in [0.4, 0.5) is 0 Å². The van der Waals surface area contributed by atoms with E-state index in [0.717, 1.165) is 11.8 Å². The summed E-state index contributed by atoms with van der Waals surface area (Å²) >= 11 is 1.05. The van der Waals surface area contributed by atoms with Gasteiger partial charge in [0.25, 0.3) is 0 Å². The number of nitriles is 1. The number of hydrogen-bond acceptors (Lipinski definition) is 6. The highest BCUT2D eigenvalue weighted by atomic mass is 32.2. The van der Waals surface area contributed by atoms with Crippen LogP contribution in [0, 0.1) is 11.3 Å². The van der Waals surface area contributed by atoms with Crippen LogP contribution in [0.1, 0.15) is 6.42 Å². The van der Waals surface area contributed by atoms with Gasteiger partial charge in [0, 0.05) is 20.6 Å². The first-order valence-electron chi connectivity index (χ1n) is 5.36. The molecule has 1 aromatic rings. The zero-order valence-electron chi connectivity index (χ0n) is 10.5. The Bertz CT molecular complexity index is 615. The number of aromatic amines is 1. The van der Waals surface area contributed by atoms with Gasteiger partial charge in [-0.25, -0.2) is 0 Å². The SMILES string of the molecule is CN(CCC#N)C(=O)CSc1nc(=O)c(=O)[nH]n1C. The van der Waals surface area contributed by atoms with Crippen LogP contribution in [-0.4, -0.2) is 44.9 Å². The van der Waals surface area contributed by atoms with E-state index in [1.807, 2.05) is 6.07 Å². The molecule has 9 heteroatoms. The van der Waals surface area contributed by atoms with Gasteiger partial charge in [-0.2, -0.15) is 10.2 Å². The van der Waals surface area contributed by atoms with Crippen molar-refractivity contribution in [1.82, 2.24) is 19.7 Å². The molecule has 0 unspecified atom stereocenters. The van der Waals surface area contributed by atoms with E-state index in [1.165, 1.54) is 16.6 Å². The second-order valence-corrected chi connectivity index (χ2v) is 4.65. The van der Waals surface area contributed by atoms with Crippen LogP contribution in [-0.2, 0) is 11.8 Å². The van der Waals surface area contributed by atoms with E-state index in [1.54, 1.807) is 7.05 Å².